The van der Waals surface area contributed by atoms with E-state index in [2.05, 4.69) is 51.1 Å². The summed E-state index contributed by atoms with van der Waals surface area (Å²) in [6.45, 7) is 6.92. The number of benzene rings is 2. The van der Waals surface area contributed by atoms with Gasteiger partial charge in [-0.15, -0.1) is 0 Å². The summed E-state index contributed by atoms with van der Waals surface area (Å²) in [5, 5.41) is 3.04. The van der Waals surface area contributed by atoms with Crippen molar-refractivity contribution < 1.29 is 0 Å². The largest absolute Gasteiger partial charge is 0.0654 e. The minimum absolute atomic E-state index is 1.25. The molecule has 0 N–H and O–H groups in total. The molecule has 29 heavy (non-hydrogen) atoms. The molecule has 2 rings (SSSR count). The molecule has 0 bridgehead atoms. The number of rotatable bonds is 16. The van der Waals surface area contributed by atoms with Crippen molar-refractivity contribution in [2.45, 2.75) is 124 Å². The lowest BCUT2D eigenvalue weighted by molar-refractivity contribution is 0.588. The van der Waals surface area contributed by atoms with Gasteiger partial charge in [0.05, 0.1) is 0 Å². The number of fused-ring (bicyclic) bond motifs is 1. The Kier molecular flexibility index (Phi) is 12.1. The molecule has 0 saturated heterocycles. The summed E-state index contributed by atoms with van der Waals surface area (Å²) in [4.78, 5) is 0. The standard InChI is InChI=1S/C29H46/c1-4-6-8-10-12-14-16-19-26-20-18-21-27-24-23-25(3)28(29(26)27)22-17-15-13-11-9-7-5-2/h18,20-21,23-24H,4-17,19,22H2,1-3H3. The quantitative estimate of drug-likeness (QED) is 0.248. The lowest BCUT2D eigenvalue weighted by Gasteiger charge is -2.15. The Morgan fingerprint density at radius 3 is 1.72 bits per heavy atom. The summed E-state index contributed by atoms with van der Waals surface area (Å²) in [6.07, 6.45) is 22.0. The van der Waals surface area contributed by atoms with Crippen LogP contribution in [-0.2, 0) is 12.8 Å². The van der Waals surface area contributed by atoms with E-state index < -0.39 is 0 Å². The Bertz CT molecular complexity index is 682. The second-order valence-corrected chi connectivity index (χ2v) is 9.12. The van der Waals surface area contributed by atoms with Crippen molar-refractivity contribution in [1.29, 1.82) is 0 Å². The van der Waals surface area contributed by atoms with E-state index in [0.29, 0.717) is 0 Å². The summed E-state index contributed by atoms with van der Waals surface area (Å²) in [7, 11) is 0. The maximum absolute atomic E-state index is 2.40. The Morgan fingerprint density at radius 1 is 0.552 bits per heavy atom. The zero-order valence-electron chi connectivity index (χ0n) is 19.7. The van der Waals surface area contributed by atoms with Gasteiger partial charge in [0.2, 0.25) is 0 Å². The molecule has 0 heterocycles. The fourth-order valence-corrected chi connectivity index (χ4v) is 4.70. The van der Waals surface area contributed by atoms with E-state index in [0.717, 1.165) is 0 Å². The van der Waals surface area contributed by atoms with Crippen LogP contribution in [0.5, 0.6) is 0 Å². The molecule has 0 saturated carbocycles. The van der Waals surface area contributed by atoms with E-state index >= 15 is 0 Å². The van der Waals surface area contributed by atoms with Gasteiger partial charge in [-0.25, -0.2) is 0 Å². The molecule has 0 aliphatic rings. The van der Waals surface area contributed by atoms with Crippen LogP contribution in [0.3, 0.4) is 0 Å². The fourth-order valence-electron chi connectivity index (χ4n) is 4.70. The van der Waals surface area contributed by atoms with Crippen LogP contribution in [-0.4, -0.2) is 0 Å². The van der Waals surface area contributed by atoms with Crippen LogP contribution in [0.25, 0.3) is 10.8 Å². The van der Waals surface area contributed by atoms with Crippen molar-refractivity contribution in [3.05, 3.63) is 47.0 Å². The number of hydrogen-bond donors (Lipinski definition) is 0. The van der Waals surface area contributed by atoms with E-state index in [1.54, 1.807) is 16.5 Å². The number of unbranched alkanes of at least 4 members (excludes halogenated alkanes) is 12. The SMILES string of the molecule is CCCCCCCCCc1cccc2ccc(C)c(CCCCCCCCC)c12. The molecule has 0 atom stereocenters. The van der Waals surface area contributed by atoms with E-state index in [4.69, 9.17) is 0 Å². The van der Waals surface area contributed by atoms with Gasteiger partial charge < -0.3 is 0 Å². The minimum atomic E-state index is 1.25. The van der Waals surface area contributed by atoms with Crippen molar-refractivity contribution in [1.82, 2.24) is 0 Å². The number of aryl methyl sites for hydroxylation is 3. The second kappa shape index (κ2) is 14.6. The third kappa shape index (κ3) is 8.53. The van der Waals surface area contributed by atoms with Crippen LogP contribution in [0, 0.1) is 6.92 Å². The van der Waals surface area contributed by atoms with Crippen LogP contribution >= 0.6 is 0 Å². The predicted octanol–water partition coefficient (Wildman–Crippen LogP) is 9.73. The number of hydrogen-bond acceptors (Lipinski definition) is 0. The molecule has 0 aliphatic heterocycles. The van der Waals surface area contributed by atoms with Crippen molar-refractivity contribution in [2.75, 3.05) is 0 Å². The Labute approximate surface area is 181 Å². The predicted molar refractivity (Wildman–Crippen MR) is 132 cm³/mol. The van der Waals surface area contributed by atoms with Crippen molar-refractivity contribution >= 4 is 10.8 Å². The maximum Gasteiger partial charge on any atom is -0.0117 e. The first kappa shape index (κ1) is 24.0. The first-order chi connectivity index (χ1) is 14.3. The highest BCUT2D eigenvalue weighted by Crippen LogP contribution is 2.29. The van der Waals surface area contributed by atoms with Gasteiger partial charge >= 0.3 is 0 Å². The van der Waals surface area contributed by atoms with Crippen molar-refractivity contribution in [2.24, 2.45) is 0 Å². The highest BCUT2D eigenvalue weighted by molar-refractivity contribution is 5.90. The molecular weight excluding hydrogens is 348 g/mol. The molecule has 0 radical (unpaired) electrons. The Balaban J connectivity index is 1.92. The van der Waals surface area contributed by atoms with E-state index in [-0.39, 0.29) is 0 Å². The summed E-state index contributed by atoms with van der Waals surface area (Å²) in [5.41, 5.74) is 4.72. The Morgan fingerprint density at radius 2 is 1.10 bits per heavy atom. The first-order valence-electron chi connectivity index (χ1n) is 12.8. The summed E-state index contributed by atoms with van der Waals surface area (Å²) in [6, 6.07) is 11.7. The molecule has 0 aliphatic carbocycles. The van der Waals surface area contributed by atoms with Gasteiger partial charge in [0.1, 0.15) is 0 Å². The highest BCUT2D eigenvalue weighted by atomic mass is 14.1. The topological polar surface area (TPSA) is 0 Å². The average molecular weight is 395 g/mol. The zero-order valence-corrected chi connectivity index (χ0v) is 19.7. The molecule has 0 fully saturated rings. The summed E-state index contributed by atoms with van der Waals surface area (Å²) in [5.74, 6) is 0. The van der Waals surface area contributed by atoms with E-state index in [1.807, 2.05) is 0 Å². The molecule has 2 aromatic carbocycles. The maximum atomic E-state index is 2.40. The molecule has 0 spiro atoms. The van der Waals surface area contributed by atoms with Gasteiger partial charge in [0.15, 0.2) is 0 Å². The molecule has 0 heteroatoms. The van der Waals surface area contributed by atoms with Crippen LogP contribution in [0.1, 0.15) is 120 Å². The Hall–Kier alpha value is -1.30. The summed E-state index contributed by atoms with van der Waals surface area (Å²) < 4.78 is 0. The smallest absolute Gasteiger partial charge is 0.0117 e. The van der Waals surface area contributed by atoms with Gasteiger partial charge in [-0.3, -0.25) is 0 Å². The third-order valence-corrected chi connectivity index (χ3v) is 6.55. The van der Waals surface area contributed by atoms with E-state index in [1.165, 1.54) is 114 Å². The van der Waals surface area contributed by atoms with Gasteiger partial charge in [-0.2, -0.15) is 0 Å². The average Bonchev–Trinajstić information content (AvgIpc) is 2.73. The van der Waals surface area contributed by atoms with Crippen molar-refractivity contribution in [3.63, 3.8) is 0 Å². The monoisotopic (exact) mass is 394 g/mol. The molecule has 0 amide bonds. The zero-order chi connectivity index (χ0) is 20.7. The fraction of sp³-hybridized carbons (Fsp3) is 0.655. The first-order valence-corrected chi connectivity index (χ1v) is 12.8. The van der Waals surface area contributed by atoms with Gasteiger partial charge in [-0.05, 0) is 60.1 Å². The third-order valence-electron chi connectivity index (χ3n) is 6.55. The molecule has 162 valence electrons. The van der Waals surface area contributed by atoms with Gasteiger partial charge in [-0.1, -0.05) is 121 Å². The lowest BCUT2D eigenvalue weighted by Crippen LogP contribution is -1.97. The van der Waals surface area contributed by atoms with Crippen LogP contribution in [0.2, 0.25) is 0 Å². The van der Waals surface area contributed by atoms with Gasteiger partial charge in [0, 0.05) is 0 Å². The van der Waals surface area contributed by atoms with Crippen molar-refractivity contribution in [3.8, 4) is 0 Å². The second-order valence-electron chi connectivity index (χ2n) is 9.12. The van der Waals surface area contributed by atoms with Crippen LogP contribution in [0.4, 0.5) is 0 Å². The lowest BCUT2D eigenvalue weighted by atomic mass is 9.90. The van der Waals surface area contributed by atoms with Gasteiger partial charge in [0.25, 0.3) is 0 Å². The molecule has 2 aromatic rings. The molecule has 0 aromatic heterocycles. The minimum Gasteiger partial charge on any atom is -0.0654 e. The summed E-state index contributed by atoms with van der Waals surface area (Å²) >= 11 is 0. The molecular formula is C29H46. The van der Waals surface area contributed by atoms with Crippen LogP contribution < -0.4 is 0 Å². The van der Waals surface area contributed by atoms with E-state index in [9.17, 15) is 0 Å². The highest BCUT2D eigenvalue weighted by Gasteiger charge is 2.09. The molecule has 0 unspecified atom stereocenters. The normalized spacial score (nSPS) is 11.4. The van der Waals surface area contributed by atoms with Crippen LogP contribution in [0.15, 0.2) is 30.3 Å². The molecule has 0 nitrogen and oxygen atoms in total.